The number of carbonyl (C=O) groups is 1. The molecule has 6 rings (SSSR count). The maximum atomic E-state index is 13.7. The van der Waals surface area contributed by atoms with Crippen molar-refractivity contribution in [1.82, 2.24) is 29.5 Å². The van der Waals surface area contributed by atoms with Crippen LogP contribution in [0.5, 0.6) is 0 Å². The molecule has 7 nitrogen and oxygen atoms in total. The third-order valence-corrected chi connectivity index (χ3v) is 7.82. The van der Waals surface area contributed by atoms with E-state index in [0.29, 0.717) is 29.1 Å². The fraction of sp³-hybridized carbons (Fsp3) is 0.393. The molecule has 1 saturated carbocycles. The van der Waals surface area contributed by atoms with Crippen LogP contribution < -0.4 is 0 Å². The summed E-state index contributed by atoms with van der Waals surface area (Å²) in [5, 5.41) is 4.65. The lowest BCUT2D eigenvalue weighted by atomic mass is 9.90. The van der Waals surface area contributed by atoms with Gasteiger partial charge in [-0.15, -0.1) is 0 Å². The molecule has 1 aromatic carbocycles. The Balaban J connectivity index is 1.38. The first-order valence-electron chi connectivity index (χ1n) is 12.7. The monoisotopic (exact) mass is 484 g/mol. The molecule has 2 atom stereocenters. The summed E-state index contributed by atoms with van der Waals surface area (Å²) in [4.78, 5) is 28.8. The van der Waals surface area contributed by atoms with E-state index in [-0.39, 0.29) is 17.9 Å². The van der Waals surface area contributed by atoms with E-state index < -0.39 is 6.67 Å². The van der Waals surface area contributed by atoms with Crippen LogP contribution in [0.3, 0.4) is 0 Å². The molecular formula is C28H29FN6O. The van der Waals surface area contributed by atoms with Gasteiger partial charge in [-0.1, -0.05) is 49.9 Å². The minimum atomic E-state index is -0.435. The van der Waals surface area contributed by atoms with Crippen molar-refractivity contribution in [1.29, 1.82) is 0 Å². The molecule has 2 aliphatic rings. The predicted octanol–water partition coefficient (Wildman–Crippen LogP) is 5.02. The first kappa shape index (κ1) is 22.8. The maximum absolute atomic E-state index is 13.7. The summed E-state index contributed by atoms with van der Waals surface area (Å²) in [6.45, 7) is 1.83. The molecule has 1 amide bonds. The highest BCUT2D eigenvalue weighted by Gasteiger charge is 2.41. The normalized spacial score (nSPS) is 20.1. The third kappa shape index (κ3) is 4.04. The van der Waals surface area contributed by atoms with Gasteiger partial charge < -0.3 is 4.90 Å². The number of nitrogens with zero attached hydrogens (tertiary/aromatic N) is 6. The Morgan fingerprint density at radius 2 is 1.89 bits per heavy atom. The van der Waals surface area contributed by atoms with E-state index in [1.54, 1.807) is 28.0 Å². The molecule has 184 valence electrons. The largest absolute Gasteiger partial charge is 0.335 e. The molecule has 36 heavy (non-hydrogen) atoms. The van der Waals surface area contributed by atoms with Crippen molar-refractivity contribution in [3.63, 3.8) is 0 Å². The number of aromatic nitrogens is 5. The van der Waals surface area contributed by atoms with E-state index in [0.717, 1.165) is 23.6 Å². The number of alkyl halides is 1. The molecule has 0 unspecified atom stereocenters. The average molecular weight is 485 g/mol. The highest BCUT2D eigenvalue weighted by molar-refractivity contribution is 6.05. The molecule has 8 heteroatoms. The van der Waals surface area contributed by atoms with Gasteiger partial charge in [-0.2, -0.15) is 5.10 Å². The summed E-state index contributed by atoms with van der Waals surface area (Å²) in [6, 6.07) is 10.3. The summed E-state index contributed by atoms with van der Waals surface area (Å²) in [6.07, 6.45) is 13.0. The second-order valence-corrected chi connectivity index (χ2v) is 10.1. The number of likely N-dealkylation sites (tertiary alicyclic amines) is 1. The summed E-state index contributed by atoms with van der Waals surface area (Å²) in [5.74, 6) is 0.451. The standard InChI is InChI=1S/C28H29FN6O/c1-18-22(15-29)17-34(18)28(36)25-26(24-16-30-11-12-31-24)33-35-13-10-23(32-27(25)35)21-8-6-20(7-9-21)14-19-4-2-3-5-19/h6-13,16,18-19,22H,2-5,14-15,17H2,1H3/t18-,22-/m0/s1. The van der Waals surface area contributed by atoms with Crippen molar-refractivity contribution < 1.29 is 9.18 Å². The van der Waals surface area contributed by atoms with Crippen molar-refractivity contribution in [2.45, 2.75) is 45.1 Å². The number of hydrogen-bond acceptors (Lipinski definition) is 5. The van der Waals surface area contributed by atoms with Gasteiger partial charge in [0.2, 0.25) is 0 Å². The molecule has 3 aromatic heterocycles. The van der Waals surface area contributed by atoms with Gasteiger partial charge in [0, 0.05) is 42.7 Å². The quantitative estimate of drug-likeness (QED) is 0.384. The second kappa shape index (κ2) is 9.41. The number of hydrogen-bond donors (Lipinski definition) is 0. The third-order valence-electron chi connectivity index (χ3n) is 7.82. The van der Waals surface area contributed by atoms with Crippen LogP contribution in [0.25, 0.3) is 28.3 Å². The number of halogens is 1. The van der Waals surface area contributed by atoms with Gasteiger partial charge in [-0.05, 0) is 30.9 Å². The van der Waals surface area contributed by atoms with Crippen molar-refractivity contribution in [3.8, 4) is 22.6 Å². The fourth-order valence-corrected chi connectivity index (χ4v) is 5.52. The van der Waals surface area contributed by atoms with Gasteiger partial charge in [-0.25, -0.2) is 9.50 Å². The highest BCUT2D eigenvalue weighted by Crippen LogP contribution is 2.33. The van der Waals surface area contributed by atoms with Crippen molar-refractivity contribution >= 4 is 11.6 Å². The average Bonchev–Trinajstić information content (AvgIpc) is 3.56. The maximum Gasteiger partial charge on any atom is 0.260 e. The van der Waals surface area contributed by atoms with Crippen LogP contribution in [0.1, 0.15) is 48.5 Å². The van der Waals surface area contributed by atoms with Gasteiger partial charge in [-0.3, -0.25) is 19.2 Å². The number of rotatable bonds is 6. The summed E-state index contributed by atoms with van der Waals surface area (Å²) in [5.41, 5.74) is 4.88. The van der Waals surface area contributed by atoms with Gasteiger partial charge in [0.1, 0.15) is 17.0 Å². The SMILES string of the molecule is C[C@H]1[C@@H](CF)CN1C(=O)c1c(-c2cnccn2)nn2ccc(-c3ccc(CC4CCCC4)cc3)nc12. The van der Waals surface area contributed by atoms with E-state index in [2.05, 4.69) is 39.3 Å². The van der Waals surface area contributed by atoms with E-state index in [4.69, 9.17) is 4.98 Å². The number of carbonyl (C=O) groups excluding carboxylic acids is 1. The molecule has 0 bridgehead atoms. The van der Waals surface area contributed by atoms with Crippen LogP contribution in [0, 0.1) is 11.8 Å². The lowest BCUT2D eigenvalue weighted by Crippen LogP contribution is -2.57. The lowest BCUT2D eigenvalue weighted by Gasteiger charge is -2.45. The van der Waals surface area contributed by atoms with Crippen LogP contribution in [0.2, 0.25) is 0 Å². The van der Waals surface area contributed by atoms with Crippen LogP contribution >= 0.6 is 0 Å². The van der Waals surface area contributed by atoms with Crippen molar-refractivity contribution in [2.24, 2.45) is 11.8 Å². The van der Waals surface area contributed by atoms with Gasteiger partial charge >= 0.3 is 0 Å². The predicted molar refractivity (Wildman–Crippen MR) is 135 cm³/mol. The van der Waals surface area contributed by atoms with Gasteiger partial charge in [0.25, 0.3) is 5.91 Å². The Labute approximate surface area is 209 Å². The minimum absolute atomic E-state index is 0.137. The Kier molecular flexibility index (Phi) is 5.95. The van der Waals surface area contributed by atoms with E-state index in [1.807, 2.05) is 19.2 Å². The molecular weight excluding hydrogens is 455 g/mol. The first-order valence-corrected chi connectivity index (χ1v) is 12.7. The van der Waals surface area contributed by atoms with E-state index >= 15 is 0 Å². The fourth-order valence-electron chi connectivity index (χ4n) is 5.52. The summed E-state index contributed by atoms with van der Waals surface area (Å²) in [7, 11) is 0. The Hall–Kier alpha value is -3.68. The molecule has 0 spiro atoms. The smallest absolute Gasteiger partial charge is 0.260 e. The van der Waals surface area contributed by atoms with Crippen LogP contribution in [-0.2, 0) is 6.42 Å². The van der Waals surface area contributed by atoms with Crippen LogP contribution in [0.4, 0.5) is 4.39 Å². The van der Waals surface area contributed by atoms with E-state index in [9.17, 15) is 9.18 Å². The lowest BCUT2D eigenvalue weighted by molar-refractivity contribution is 0.0142. The van der Waals surface area contributed by atoms with Crippen molar-refractivity contribution in [3.05, 3.63) is 66.2 Å². The molecule has 0 N–H and O–H groups in total. The topological polar surface area (TPSA) is 76.3 Å². The Morgan fingerprint density at radius 1 is 1.08 bits per heavy atom. The molecule has 4 heterocycles. The Morgan fingerprint density at radius 3 is 2.58 bits per heavy atom. The van der Waals surface area contributed by atoms with Gasteiger partial charge in [0.05, 0.1) is 18.6 Å². The second-order valence-electron chi connectivity index (χ2n) is 10.1. The van der Waals surface area contributed by atoms with E-state index in [1.165, 1.54) is 31.2 Å². The zero-order chi connectivity index (χ0) is 24.6. The number of fused-ring (bicyclic) bond motifs is 1. The molecule has 4 aromatic rings. The molecule has 1 aliphatic carbocycles. The Bertz CT molecular complexity index is 1380. The molecule has 1 saturated heterocycles. The minimum Gasteiger partial charge on any atom is -0.335 e. The molecule has 1 aliphatic heterocycles. The van der Waals surface area contributed by atoms with Crippen molar-refractivity contribution in [2.75, 3.05) is 13.2 Å². The first-order chi connectivity index (χ1) is 17.6. The zero-order valence-corrected chi connectivity index (χ0v) is 20.3. The number of amides is 1. The highest BCUT2D eigenvalue weighted by atomic mass is 19.1. The van der Waals surface area contributed by atoms with Crippen LogP contribution in [0.15, 0.2) is 55.1 Å². The summed E-state index contributed by atoms with van der Waals surface area (Å²) < 4.78 is 14.9. The number of benzene rings is 1. The molecule has 2 fully saturated rings. The molecule has 0 radical (unpaired) electrons. The zero-order valence-electron chi connectivity index (χ0n) is 20.3. The summed E-state index contributed by atoms with van der Waals surface area (Å²) >= 11 is 0. The van der Waals surface area contributed by atoms with Gasteiger partial charge in [0.15, 0.2) is 5.65 Å². The van der Waals surface area contributed by atoms with Crippen LogP contribution in [-0.4, -0.2) is 54.6 Å².